The van der Waals surface area contributed by atoms with E-state index >= 15 is 0 Å². The number of benzene rings is 2. The third kappa shape index (κ3) is 3.22. The SMILES string of the molecule is Cc1cccc(-n2c(C)cc(C=Nc3ccc(Cl)cc3O)c2C)c1. The normalized spacial score (nSPS) is 11.3. The first-order valence-corrected chi connectivity index (χ1v) is 8.12. The Balaban J connectivity index is 1.98. The summed E-state index contributed by atoms with van der Waals surface area (Å²) in [7, 11) is 0. The van der Waals surface area contributed by atoms with Gasteiger partial charge in [0, 0.05) is 39.9 Å². The van der Waals surface area contributed by atoms with Gasteiger partial charge in [-0.25, -0.2) is 0 Å². The maximum absolute atomic E-state index is 9.90. The number of nitrogens with zero attached hydrogens (tertiary/aromatic N) is 2. The van der Waals surface area contributed by atoms with Crippen LogP contribution in [-0.2, 0) is 0 Å². The van der Waals surface area contributed by atoms with Gasteiger partial charge in [0.05, 0.1) is 0 Å². The van der Waals surface area contributed by atoms with Crippen LogP contribution in [0.25, 0.3) is 5.69 Å². The fourth-order valence-electron chi connectivity index (χ4n) is 2.83. The summed E-state index contributed by atoms with van der Waals surface area (Å²) >= 11 is 5.85. The Labute approximate surface area is 146 Å². The second-order valence-electron chi connectivity index (χ2n) is 5.89. The largest absolute Gasteiger partial charge is 0.506 e. The molecule has 3 nitrogen and oxygen atoms in total. The molecule has 1 heterocycles. The van der Waals surface area contributed by atoms with Crippen molar-refractivity contribution in [3.63, 3.8) is 0 Å². The zero-order valence-electron chi connectivity index (χ0n) is 13.9. The van der Waals surface area contributed by atoms with E-state index in [2.05, 4.69) is 60.7 Å². The number of phenolic OH excluding ortho intramolecular Hbond substituents is 1. The monoisotopic (exact) mass is 338 g/mol. The zero-order chi connectivity index (χ0) is 17.3. The molecule has 0 radical (unpaired) electrons. The van der Waals surface area contributed by atoms with Crippen LogP contribution in [-0.4, -0.2) is 15.9 Å². The lowest BCUT2D eigenvalue weighted by Gasteiger charge is -2.10. The summed E-state index contributed by atoms with van der Waals surface area (Å²) in [5.41, 5.74) is 6.12. The van der Waals surface area contributed by atoms with Gasteiger partial charge >= 0.3 is 0 Å². The Hall–Kier alpha value is -2.52. The molecule has 1 N–H and O–H groups in total. The molecule has 0 aliphatic heterocycles. The maximum Gasteiger partial charge on any atom is 0.142 e. The van der Waals surface area contributed by atoms with Crippen molar-refractivity contribution in [1.29, 1.82) is 0 Å². The van der Waals surface area contributed by atoms with Gasteiger partial charge < -0.3 is 9.67 Å². The van der Waals surface area contributed by atoms with E-state index in [9.17, 15) is 5.11 Å². The minimum Gasteiger partial charge on any atom is -0.506 e. The van der Waals surface area contributed by atoms with Crippen LogP contribution in [0.15, 0.2) is 53.5 Å². The first-order valence-electron chi connectivity index (χ1n) is 7.74. The molecule has 0 saturated heterocycles. The number of rotatable bonds is 3. The average molecular weight is 339 g/mol. The van der Waals surface area contributed by atoms with Crippen molar-refractivity contribution < 1.29 is 5.11 Å². The molecule has 3 aromatic rings. The molecule has 0 amide bonds. The third-order valence-electron chi connectivity index (χ3n) is 4.01. The van der Waals surface area contributed by atoms with Crippen LogP contribution < -0.4 is 0 Å². The second-order valence-corrected chi connectivity index (χ2v) is 6.33. The molecule has 0 aliphatic carbocycles. The van der Waals surface area contributed by atoms with Gasteiger partial charge in [-0.1, -0.05) is 23.7 Å². The van der Waals surface area contributed by atoms with E-state index in [1.165, 1.54) is 11.6 Å². The predicted octanol–water partition coefficient (Wildman–Crippen LogP) is 5.51. The summed E-state index contributed by atoms with van der Waals surface area (Å²) in [5.74, 6) is 0.0752. The van der Waals surface area contributed by atoms with Gasteiger partial charge in [-0.05, 0) is 56.7 Å². The summed E-state index contributed by atoms with van der Waals surface area (Å²) in [5, 5.41) is 10.4. The maximum atomic E-state index is 9.90. The van der Waals surface area contributed by atoms with Crippen molar-refractivity contribution >= 4 is 23.5 Å². The van der Waals surface area contributed by atoms with Crippen molar-refractivity contribution in [1.82, 2.24) is 4.57 Å². The number of aromatic hydroxyl groups is 1. The molecule has 0 fully saturated rings. The first kappa shape index (κ1) is 16.3. The highest BCUT2D eigenvalue weighted by Gasteiger charge is 2.09. The van der Waals surface area contributed by atoms with Gasteiger partial charge in [0.2, 0.25) is 0 Å². The standard InChI is InChI=1S/C20H19ClN2O/c1-13-5-4-6-18(9-13)23-14(2)10-16(15(23)3)12-22-19-8-7-17(21)11-20(19)24/h4-12,24H,1-3H3. The average Bonchev–Trinajstić information content (AvgIpc) is 2.80. The summed E-state index contributed by atoms with van der Waals surface area (Å²) in [6.07, 6.45) is 1.78. The molecule has 3 rings (SSSR count). The molecular formula is C20H19ClN2O. The number of aliphatic imine (C=N–C) groups is 1. The van der Waals surface area contributed by atoms with Gasteiger partial charge in [0.25, 0.3) is 0 Å². The summed E-state index contributed by atoms with van der Waals surface area (Å²) in [6, 6.07) is 15.4. The summed E-state index contributed by atoms with van der Waals surface area (Å²) in [4.78, 5) is 4.40. The van der Waals surface area contributed by atoms with Crippen molar-refractivity contribution in [3.05, 3.63) is 76.1 Å². The van der Waals surface area contributed by atoms with Crippen LogP contribution in [0.2, 0.25) is 5.02 Å². The van der Waals surface area contributed by atoms with E-state index in [-0.39, 0.29) is 5.75 Å². The van der Waals surface area contributed by atoms with Crippen molar-refractivity contribution in [2.45, 2.75) is 20.8 Å². The molecule has 2 aromatic carbocycles. The predicted molar refractivity (Wildman–Crippen MR) is 100 cm³/mol. The Morgan fingerprint density at radius 3 is 2.54 bits per heavy atom. The molecule has 0 bridgehead atoms. The lowest BCUT2D eigenvalue weighted by atomic mass is 10.2. The van der Waals surface area contributed by atoms with Crippen LogP contribution in [0.1, 0.15) is 22.5 Å². The van der Waals surface area contributed by atoms with Crippen LogP contribution in [0.3, 0.4) is 0 Å². The molecular weight excluding hydrogens is 320 g/mol. The van der Waals surface area contributed by atoms with Crippen molar-refractivity contribution in [3.8, 4) is 11.4 Å². The third-order valence-corrected chi connectivity index (χ3v) is 4.25. The van der Waals surface area contributed by atoms with Crippen molar-refractivity contribution in [2.24, 2.45) is 4.99 Å². The number of hydrogen-bond donors (Lipinski definition) is 1. The summed E-state index contributed by atoms with van der Waals surface area (Å²) < 4.78 is 2.20. The molecule has 24 heavy (non-hydrogen) atoms. The Kier molecular flexibility index (Phi) is 4.45. The fraction of sp³-hybridized carbons (Fsp3) is 0.150. The fourth-order valence-corrected chi connectivity index (χ4v) is 2.99. The second kappa shape index (κ2) is 6.54. The topological polar surface area (TPSA) is 37.5 Å². The molecule has 0 spiro atoms. The van der Waals surface area contributed by atoms with Crippen LogP contribution in [0.5, 0.6) is 5.75 Å². The van der Waals surface area contributed by atoms with Crippen molar-refractivity contribution in [2.75, 3.05) is 0 Å². The lowest BCUT2D eigenvalue weighted by Crippen LogP contribution is -1.99. The van der Waals surface area contributed by atoms with Crippen LogP contribution in [0, 0.1) is 20.8 Å². The van der Waals surface area contributed by atoms with Gasteiger partial charge in [-0.2, -0.15) is 0 Å². The lowest BCUT2D eigenvalue weighted by molar-refractivity contribution is 0.477. The highest BCUT2D eigenvalue weighted by atomic mass is 35.5. The quantitative estimate of drug-likeness (QED) is 0.628. The van der Waals surface area contributed by atoms with E-state index in [4.69, 9.17) is 11.6 Å². The highest BCUT2D eigenvalue weighted by Crippen LogP contribution is 2.29. The van der Waals surface area contributed by atoms with E-state index in [1.807, 2.05) is 0 Å². The molecule has 1 aromatic heterocycles. The van der Waals surface area contributed by atoms with E-state index in [0.717, 1.165) is 22.6 Å². The Morgan fingerprint density at radius 2 is 1.83 bits per heavy atom. The molecule has 122 valence electrons. The zero-order valence-corrected chi connectivity index (χ0v) is 14.7. The van der Waals surface area contributed by atoms with E-state index in [0.29, 0.717) is 10.7 Å². The van der Waals surface area contributed by atoms with Crippen LogP contribution >= 0.6 is 11.6 Å². The molecule has 0 saturated carbocycles. The number of hydrogen-bond acceptors (Lipinski definition) is 2. The van der Waals surface area contributed by atoms with E-state index in [1.54, 1.807) is 18.3 Å². The molecule has 4 heteroatoms. The minimum atomic E-state index is 0.0752. The molecule has 0 atom stereocenters. The van der Waals surface area contributed by atoms with Gasteiger partial charge in [-0.15, -0.1) is 0 Å². The Morgan fingerprint density at radius 1 is 1.04 bits per heavy atom. The van der Waals surface area contributed by atoms with Gasteiger partial charge in [0.15, 0.2) is 0 Å². The molecule has 0 unspecified atom stereocenters. The van der Waals surface area contributed by atoms with Gasteiger partial charge in [0.1, 0.15) is 11.4 Å². The number of aromatic nitrogens is 1. The number of phenols is 1. The smallest absolute Gasteiger partial charge is 0.142 e. The Bertz CT molecular complexity index is 925. The highest BCUT2D eigenvalue weighted by molar-refractivity contribution is 6.30. The molecule has 0 aliphatic rings. The van der Waals surface area contributed by atoms with Gasteiger partial charge in [-0.3, -0.25) is 4.99 Å². The first-order chi connectivity index (χ1) is 11.5. The van der Waals surface area contributed by atoms with Crippen LogP contribution in [0.4, 0.5) is 5.69 Å². The minimum absolute atomic E-state index is 0.0752. The number of halogens is 1. The van der Waals surface area contributed by atoms with E-state index < -0.39 is 0 Å². The summed E-state index contributed by atoms with van der Waals surface area (Å²) in [6.45, 7) is 6.23. The number of aryl methyl sites for hydroxylation is 2.